The zero-order chi connectivity index (χ0) is 16.9. The number of hydrogen-bond donors (Lipinski definition) is 1. The number of ether oxygens (including phenoxy) is 1. The Balaban J connectivity index is 1.70. The second-order valence-corrected chi connectivity index (χ2v) is 6.66. The molecule has 0 saturated heterocycles. The van der Waals surface area contributed by atoms with Crippen LogP contribution in [-0.2, 0) is 16.0 Å². The van der Waals surface area contributed by atoms with Gasteiger partial charge in [-0.1, -0.05) is 18.2 Å². The predicted octanol–water partition coefficient (Wildman–Crippen LogP) is 2.61. The minimum atomic E-state index is -0.675. The lowest BCUT2D eigenvalue weighted by molar-refractivity contribution is -0.127. The molecule has 126 valence electrons. The Labute approximate surface area is 145 Å². The molecule has 0 bridgehead atoms. The minimum absolute atomic E-state index is 0.0243. The monoisotopic (exact) mass is 344 g/mol. The molecule has 1 aliphatic rings. The molecule has 24 heavy (non-hydrogen) atoms. The summed E-state index contributed by atoms with van der Waals surface area (Å²) in [5, 5.41) is 4.63. The summed E-state index contributed by atoms with van der Waals surface area (Å²) in [6.45, 7) is 0.245. The van der Waals surface area contributed by atoms with Crippen LogP contribution in [0.5, 0.6) is 5.75 Å². The molecule has 1 N–H and O–H groups in total. The maximum Gasteiger partial charge on any atom is 0.262 e. The number of benzene rings is 1. The highest BCUT2D eigenvalue weighted by atomic mass is 32.1. The van der Waals surface area contributed by atoms with Crippen molar-refractivity contribution < 1.29 is 14.3 Å². The average Bonchev–Trinajstić information content (AvgIpc) is 3.13. The van der Waals surface area contributed by atoms with E-state index < -0.39 is 6.10 Å². The lowest BCUT2D eigenvalue weighted by atomic mass is 10.1. The number of hydrogen-bond acceptors (Lipinski definition) is 4. The van der Waals surface area contributed by atoms with E-state index in [2.05, 4.69) is 11.4 Å². The molecule has 2 amide bonds. The lowest BCUT2D eigenvalue weighted by Gasteiger charge is -2.34. The van der Waals surface area contributed by atoms with E-state index in [4.69, 9.17) is 4.74 Å². The van der Waals surface area contributed by atoms with E-state index in [1.54, 1.807) is 29.4 Å². The molecule has 0 fully saturated rings. The molecular formula is C18H20N2O3S. The van der Waals surface area contributed by atoms with Crippen LogP contribution in [0.4, 0.5) is 5.69 Å². The third-order valence-electron chi connectivity index (χ3n) is 4.01. The van der Waals surface area contributed by atoms with Crippen LogP contribution in [0.2, 0.25) is 0 Å². The number of anilines is 1. The molecule has 2 heterocycles. The fraction of sp³-hybridized carbons (Fsp3) is 0.333. The quantitative estimate of drug-likeness (QED) is 0.907. The number of likely N-dealkylation sites (N-methyl/N-ethyl adjacent to an activating group) is 1. The summed E-state index contributed by atoms with van der Waals surface area (Å²) in [5.41, 5.74) is 0.735. The number of carbonyl (C=O) groups is 2. The highest BCUT2D eigenvalue weighted by Crippen LogP contribution is 2.33. The van der Waals surface area contributed by atoms with Gasteiger partial charge in [0.15, 0.2) is 6.10 Å². The first kappa shape index (κ1) is 16.5. The van der Waals surface area contributed by atoms with Gasteiger partial charge in [0.25, 0.3) is 5.91 Å². The molecule has 0 unspecified atom stereocenters. The number of nitrogens with zero attached hydrogens (tertiary/aromatic N) is 1. The van der Waals surface area contributed by atoms with Gasteiger partial charge >= 0.3 is 0 Å². The topological polar surface area (TPSA) is 58.6 Å². The molecule has 2 aromatic rings. The first-order valence-electron chi connectivity index (χ1n) is 7.99. The normalized spacial score (nSPS) is 16.2. The number of nitrogens with one attached hydrogen (secondary N) is 1. The van der Waals surface area contributed by atoms with Gasteiger partial charge in [-0.15, -0.1) is 11.3 Å². The van der Waals surface area contributed by atoms with Crippen molar-refractivity contribution in [2.45, 2.75) is 25.4 Å². The Morgan fingerprint density at radius 3 is 2.88 bits per heavy atom. The SMILES string of the molecule is CNC(=O)[C@H]1CN(C(=O)CCCc2cccs2)c2ccccc2O1. The molecule has 1 atom stereocenters. The number of carbonyl (C=O) groups excluding carboxylic acids is 2. The standard InChI is InChI=1S/C18H20N2O3S/c1-19-18(22)16-12-20(14-8-2-3-9-15(14)23-16)17(21)10-4-6-13-7-5-11-24-13/h2-3,5,7-9,11,16H,4,6,10,12H2,1H3,(H,19,22)/t16-/m1/s1. The summed E-state index contributed by atoms with van der Waals surface area (Å²) in [5.74, 6) is 0.376. The average molecular weight is 344 g/mol. The van der Waals surface area contributed by atoms with E-state index in [1.165, 1.54) is 4.88 Å². The molecular weight excluding hydrogens is 324 g/mol. The van der Waals surface area contributed by atoms with Crippen LogP contribution in [0.3, 0.4) is 0 Å². The third kappa shape index (κ3) is 3.59. The van der Waals surface area contributed by atoms with E-state index in [-0.39, 0.29) is 18.4 Å². The van der Waals surface area contributed by atoms with Crippen LogP contribution >= 0.6 is 11.3 Å². The van der Waals surface area contributed by atoms with Gasteiger partial charge in [-0.2, -0.15) is 0 Å². The summed E-state index contributed by atoms with van der Waals surface area (Å²) in [6, 6.07) is 11.5. The largest absolute Gasteiger partial charge is 0.477 e. The van der Waals surface area contributed by atoms with Gasteiger partial charge in [-0.3, -0.25) is 9.59 Å². The van der Waals surface area contributed by atoms with Crippen molar-refractivity contribution in [1.29, 1.82) is 0 Å². The van der Waals surface area contributed by atoms with Crippen LogP contribution in [0, 0.1) is 0 Å². The van der Waals surface area contributed by atoms with Crippen molar-refractivity contribution in [3.8, 4) is 5.75 Å². The first-order valence-corrected chi connectivity index (χ1v) is 8.87. The fourth-order valence-corrected chi connectivity index (χ4v) is 3.52. The van der Waals surface area contributed by atoms with E-state index >= 15 is 0 Å². The lowest BCUT2D eigenvalue weighted by Crippen LogP contribution is -2.50. The predicted molar refractivity (Wildman–Crippen MR) is 94.5 cm³/mol. The van der Waals surface area contributed by atoms with Crippen molar-refractivity contribution in [3.63, 3.8) is 0 Å². The van der Waals surface area contributed by atoms with E-state index in [1.807, 2.05) is 29.6 Å². The highest BCUT2D eigenvalue weighted by molar-refractivity contribution is 7.09. The van der Waals surface area contributed by atoms with Gasteiger partial charge in [-0.05, 0) is 36.4 Å². The zero-order valence-electron chi connectivity index (χ0n) is 13.5. The molecule has 1 aliphatic heterocycles. The summed E-state index contributed by atoms with van der Waals surface area (Å²) >= 11 is 1.71. The highest BCUT2D eigenvalue weighted by Gasteiger charge is 2.32. The Morgan fingerprint density at radius 2 is 2.12 bits per heavy atom. The van der Waals surface area contributed by atoms with E-state index in [9.17, 15) is 9.59 Å². The molecule has 0 saturated carbocycles. The van der Waals surface area contributed by atoms with Crippen LogP contribution in [0.15, 0.2) is 41.8 Å². The number of thiophene rings is 1. The molecule has 1 aromatic heterocycles. The van der Waals surface area contributed by atoms with E-state index in [0.29, 0.717) is 12.2 Å². The van der Waals surface area contributed by atoms with Gasteiger partial charge in [0.1, 0.15) is 5.75 Å². The summed E-state index contributed by atoms with van der Waals surface area (Å²) in [6.07, 6.45) is 1.47. The number of para-hydroxylation sites is 2. The Hall–Kier alpha value is -2.34. The molecule has 6 heteroatoms. The van der Waals surface area contributed by atoms with Gasteiger partial charge in [0.2, 0.25) is 5.91 Å². The smallest absolute Gasteiger partial charge is 0.262 e. The van der Waals surface area contributed by atoms with E-state index in [0.717, 1.165) is 18.5 Å². The van der Waals surface area contributed by atoms with Gasteiger partial charge in [0.05, 0.1) is 12.2 Å². The van der Waals surface area contributed by atoms with Crippen LogP contribution in [-0.4, -0.2) is 31.5 Å². The second kappa shape index (κ2) is 7.49. The fourth-order valence-electron chi connectivity index (χ4n) is 2.77. The summed E-state index contributed by atoms with van der Waals surface area (Å²) < 4.78 is 5.72. The summed E-state index contributed by atoms with van der Waals surface area (Å²) in [4.78, 5) is 27.6. The Kier molecular flexibility index (Phi) is 5.15. The number of fused-ring (bicyclic) bond motifs is 1. The van der Waals surface area contributed by atoms with Crippen molar-refractivity contribution in [1.82, 2.24) is 5.32 Å². The molecule has 1 aromatic carbocycles. The van der Waals surface area contributed by atoms with Crippen molar-refractivity contribution in [2.24, 2.45) is 0 Å². The van der Waals surface area contributed by atoms with Crippen molar-refractivity contribution in [3.05, 3.63) is 46.7 Å². The zero-order valence-corrected chi connectivity index (χ0v) is 14.3. The maximum atomic E-state index is 12.7. The van der Waals surface area contributed by atoms with Gasteiger partial charge < -0.3 is 15.0 Å². The first-order chi connectivity index (χ1) is 11.7. The van der Waals surface area contributed by atoms with Gasteiger partial charge in [-0.25, -0.2) is 0 Å². The number of aryl methyl sites for hydroxylation is 1. The van der Waals surface area contributed by atoms with Crippen LogP contribution in [0.1, 0.15) is 17.7 Å². The molecule has 0 aliphatic carbocycles. The molecule has 5 nitrogen and oxygen atoms in total. The molecule has 0 radical (unpaired) electrons. The minimum Gasteiger partial charge on any atom is -0.477 e. The van der Waals surface area contributed by atoms with Gasteiger partial charge in [0, 0.05) is 18.3 Å². The van der Waals surface area contributed by atoms with Crippen molar-refractivity contribution in [2.75, 3.05) is 18.5 Å². The van der Waals surface area contributed by atoms with Crippen LogP contribution < -0.4 is 15.0 Å². The molecule has 3 rings (SSSR count). The Morgan fingerprint density at radius 1 is 1.29 bits per heavy atom. The number of amides is 2. The van der Waals surface area contributed by atoms with Crippen molar-refractivity contribution >= 4 is 28.8 Å². The maximum absolute atomic E-state index is 12.7. The number of rotatable bonds is 5. The Bertz CT molecular complexity index is 715. The third-order valence-corrected chi connectivity index (χ3v) is 4.94. The van der Waals surface area contributed by atoms with Crippen LogP contribution in [0.25, 0.3) is 0 Å². The molecule has 0 spiro atoms. The second-order valence-electron chi connectivity index (χ2n) is 5.63. The summed E-state index contributed by atoms with van der Waals surface area (Å²) in [7, 11) is 1.57.